The van der Waals surface area contributed by atoms with Gasteiger partial charge in [-0.1, -0.05) is 12.1 Å². The minimum absolute atomic E-state index is 0.140. The van der Waals surface area contributed by atoms with Crippen LogP contribution in [0.3, 0.4) is 0 Å². The lowest BCUT2D eigenvalue weighted by Gasteiger charge is -2.08. The standard InChI is InChI=1S/C16H15FN2O3S/c1-23(22)14-7-3-6-13(9-14)19-15(20)10-18-16(21)11-4-2-5-12(17)8-11/h2-9H,10H2,1H3,(H,18,21)(H,19,20)/t23-/m0/s1. The number of benzene rings is 2. The molecule has 0 aliphatic carbocycles. The zero-order valence-corrected chi connectivity index (χ0v) is 13.2. The Morgan fingerprint density at radius 1 is 1.13 bits per heavy atom. The zero-order chi connectivity index (χ0) is 16.8. The van der Waals surface area contributed by atoms with E-state index in [0.29, 0.717) is 10.6 Å². The fourth-order valence-electron chi connectivity index (χ4n) is 1.85. The highest BCUT2D eigenvalue weighted by molar-refractivity contribution is 7.84. The van der Waals surface area contributed by atoms with Gasteiger partial charge in [-0.25, -0.2) is 4.39 Å². The molecule has 0 bridgehead atoms. The summed E-state index contributed by atoms with van der Waals surface area (Å²) in [5.74, 6) is -1.50. The second-order valence-corrected chi connectivity index (χ2v) is 6.10. The molecule has 0 saturated carbocycles. The summed E-state index contributed by atoms with van der Waals surface area (Å²) in [6.07, 6.45) is 1.54. The minimum Gasteiger partial charge on any atom is -0.343 e. The number of hydrogen-bond acceptors (Lipinski definition) is 3. The summed E-state index contributed by atoms with van der Waals surface area (Å²) in [6, 6.07) is 11.8. The van der Waals surface area contributed by atoms with E-state index in [2.05, 4.69) is 10.6 Å². The molecule has 0 spiro atoms. The van der Waals surface area contributed by atoms with E-state index in [1.807, 2.05) is 0 Å². The smallest absolute Gasteiger partial charge is 0.251 e. The molecule has 0 unspecified atom stereocenters. The Morgan fingerprint density at radius 2 is 1.87 bits per heavy atom. The number of carbonyl (C=O) groups is 2. The van der Waals surface area contributed by atoms with Crippen molar-refractivity contribution in [3.05, 3.63) is 59.9 Å². The monoisotopic (exact) mass is 334 g/mol. The van der Waals surface area contributed by atoms with Gasteiger partial charge in [-0.2, -0.15) is 0 Å². The van der Waals surface area contributed by atoms with E-state index in [1.165, 1.54) is 18.2 Å². The van der Waals surface area contributed by atoms with Crippen molar-refractivity contribution >= 4 is 28.3 Å². The molecule has 2 aromatic rings. The van der Waals surface area contributed by atoms with Crippen molar-refractivity contribution in [2.75, 3.05) is 18.1 Å². The zero-order valence-electron chi connectivity index (χ0n) is 12.3. The average Bonchev–Trinajstić information content (AvgIpc) is 2.53. The molecule has 0 aliphatic rings. The number of hydrogen-bond donors (Lipinski definition) is 2. The molecule has 5 nitrogen and oxygen atoms in total. The summed E-state index contributed by atoms with van der Waals surface area (Å²) in [7, 11) is -1.15. The van der Waals surface area contributed by atoms with Gasteiger partial charge in [0, 0.05) is 33.2 Å². The molecule has 2 aromatic carbocycles. The first-order valence-electron chi connectivity index (χ1n) is 6.73. The molecule has 2 N–H and O–H groups in total. The lowest BCUT2D eigenvalue weighted by atomic mass is 10.2. The maximum atomic E-state index is 13.0. The maximum absolute atomic E-state index is 13.0. The van der Waals surface area contributed by atoms with Crippen molar-refractivity contribution in [3.63, 3.8) is 0 Å². The van der Waals surface area contributed by atoms with Crippen LogP contribution in [0.1, 0.15) is 10.4 Å². The third kappa shape index (κ3) is 5.00. The van der Waals surface area contributed by atoms with Gasteiger partial charge in [-0.05, 0) is 36.4 Å². The Kier molecular flexibility index (Phi) is 5.59. The van der Waals surface area contributed by atoms with Crippen LogP contribution in [0.4, 0.5) is 10.1 Å². The van der Waals surface area contributed by atoms with E-state index in [1.54, 1.807) is 30.5 Å². The van der Waals surface area contributed by atoms with Crippen LogP contribution in [-0.4, -0.2) is 28.8 Å². The largest absolute Gasteiger partial charge is 0.343 e. The lowest BCUT2D eigenvalue weighted by molar-refractivity contribution is -0.115. The van der Waals surface area contributed by atoms with Crippen LogP contribution < -0.4 is 10.6 Å². The molecule has 7 heteroatoms. The third-order valence-electron chi connectivity index (χ3n) is 2.95. The number of nitrogens with one attached hydrogen (secondary N) is 2. The van der Waals surface area contributed by atoms with Gasteiger partial charge in [-0.15, -0.1) is 0 Å². The van der Waals surface area contributed by atoms with Gasteiger partial charge in [0.2, 0.25) is 5.91 Å². The van der Waals surface area contributed by atoms with Crippen LogP contribution >= 0.6 is 0 Å². The summed E-state index contributed by atoms with van der Waals surface area (Å²) in [5, 5.41) is 5.00. The molecular formula is C16H15FN2O3S. The first-order chi connectivity index (χ1) is 11.0. The summed E-state index contributed by atoms with van der Waals surface area (Å²) >= 11 is 0. The summed E-state index contributed by atoms with van der Waals surface area (Å²) < 4.78 is 24.4. The van der Waals surface area contributed by atoms with Gasteiger partial charge in [0.1, 0.15) is 5.82 Å². The van der Waals surface area contributed by atoms with E-state index in [9.17, 15) is 18.2 Å². The highest BCUT2D eigenvalue weighted by Gasteiger charge is 2.09. The normalized spacial score (nSPS) is 11.6. The van der Waals surface area contributed by atoms with Crippen LogP contribution in [0.5, 0.6) is 0 Å². The average molecular weight is 334 g/mol. The van der Waals surface area contributed by atoms with Crippen LogP contribution in [0, 0.1) is 5.82 Å². The Balaban J connectivity index is 1.91. The number of rotatable bonds is 5. The maximum Gasteiger partial charge on any atom is 0.251 e. The fraction of sp³-hybridized carbons (Fsp3) is 0.125. The Bertz CT molecular complexity index is 764. The molecule has 1 atom stereocenters. The topological polar surface area (TPSA) is 75.3 Å². The van der Waals surface area contributed by atoms with Gasteiger partial charge < -0.3 is 10.6 Å². The van der Waals surface area contributed by atoms with Gasteiger partial charge in [0.25, 0.3) is 5.91 Å². The summed E-state index contributed by atoms with van der Waals surface area (Å²) in [6.45, 7) is -0.255. The summed E-state index contributed by atoms with van der Waals surface area (Å²) in [5.41, 5.74) is 0.629. The van der Waals surface area contributed by atoms with Crippen molar-refractivity contribution in [3.8, 4) is 0 Å². The first kappa shape index (κ1) is 16.8. The Hall–Kier alpha value is -2.54. The van der Waals surface area contributed by atoms with Crippen LogP contribution in [-0.2, 0) is 15.6 Å². The highest BCUT2D eigenvalue weighted by Crippen LogP contribution is 2.13. The molecule has 0 saturated heterocycles. The van der Waals surface area contributed by atoms with Gasteiger partial charge in [0.05, 0.1) is 6.54 Å². The second kappa shape index (κ2) is 7.64. The molecular weight excluding hydrogens is 319 g/mol. The van der Waals surface area contributed by atoms with Crippen molar-refractivity contribution < 1.29 is 18.2 Å². The van der Waals surface area contributed by atoms with Crippen LogP contribution in [0.15, 0.2) is 53.4 Å². The molecule has 0 radical (unpaired) electrons. The molecule has 2 rings (SSSR count). The summed E-state index contributed by atoms with van der Waals surface area (Å²) in [4.78, 5) is 24.2. The fourth-order valence-corrected chi connectivity index (χ4v) is 2.41. The van der Waals surface area contributed by atoms with Gasteiger partial charge in [-0.3, -0.25) is 13.8 Å². The van der Waals surface area contributed by atoms with Crippen molar-refractivity contribution in [1.82, 2.24) is 5.32 Å². The Labute approximate surface area is 135 Å². The quantitative estimate of drug-likeness (QED) is 0.877. The molecule has 0 aliphatic heterocycles. The van der Waals surface area contributed by atoms with Gasteiger partial charge >= 0.3 is 0 Å². The minimum atomic E-state index is -1.15. The predicted octanol–water partition coefficient (Wildman–Crippen LogP) is 1.93. The molecule has 23 heavy (non-hydrogen) atoms. The SMILES string of the molecule is C[S@](=O)c1cccc(NC(=O)CNC(=O)c2cccc(F)c2)c1. The molecule has 2 amide bonds. The predicted molar refractivity (Wildman–Crippen MR) is 86.1 cm³/mol. The van der Waals surface area contributed by atoms with Crippen molar-refractivity contribution in [2.24, 2.45) is 0 Å². The van der Waals surface area contributed by atoms with E-state index < -0.39 is 28.4 Å². The van der Waals surface area contributed by atoms with E-state index in [0.717, 1.165) is 6.07 Å². The highest BCUT2D eigenvalue weighted by atomic mass is 32.2. The first-order valence-corrected chi connectivity index (χ1v) is 8.28. The molecule has 0 aromatic heterocycles. The van der Waals surface area contributed by atoms with E-state index in [-0.39, 0.29) is 12.1 Å². The Morgan fingerprint density at radius 3 is 2.57 bits per heavy atom. The van der Waals surface area contributed by atoms with Crippen LogP contribution in [0.2, 0.25) is 0 Å². The van der Waals surface area contributed by atoms with E-state index >= 15 is 0 Å². The van der Waals surface area contributed by atoms with Gasteiger partial charge in [0.15, 0.2) is 0 Å². The number of amides is 2. The lowest BCUT2D eigenvalue weighted by Crippen LogP contribution is -2.32. The molecule has 120 valence electrons. The number of anilines is 1. The van der Waals surface area contributed by atoms with Crippen molar-refractivity contribution in [2.45, 2.75) is 4.90 Å². The number of carbonyl (C=O) groups excluding carboxylic acids is 2. The van der Waals surface area contributed by atoms with E-state index in [4.69, 9.17) is 0 Å². The third-order valence-corrected chi connectivity index (χ3v) is 3.86. The number of halogens is 1. The van der Waals surface area contributed by atoms with Crippen LogP contribution in [0.25, 0.3) is 0 Å². The second-order valence-electron chi connectivity index (χ2n) is 4.72. The molecule has 0 heterocycles. The molecule has 0 fully saturated rings. The van der Waals surface area contributed by atoms with Crippen molar-refractivity contribution in [1.29, 1.82) is 0 Å².